The molecule has 2 rings (SSSR count). The number of nitrogens with one attached hydrogen (secondary N) is 1. The molecule has 1 aliphatic rings. The molecule has 1 N–H and O–H groups in total. The summed E-state index contributed by atoms with van der Waals surface area (Å²) in [5, 5.41) is 3.31. The van der Waals surface area contributed by atoms with Crippen molar-refractivity contribution in [1.82, 2.24) is 10.2 Å². The maximum absolute atomic E-state index is 12.0. The molecular formula is C20H32IN3O5. The molecule has 2 unspecified atom stereocenters. The molecule has 0 aromatic heterocycles. The minimum atomic E-state index is -0.174. The van der Waals surface area contributed by atoms with Crippen LogP contribution in [-0.4, -0.2) is 64.9 Å². The molecule has 1 saturated heterocycles. The molecule has 8 nitrogen and oxygen atoms in total. The summed E-state index contributed by atoms with van der Waals surface area (Å²) < 4.78 is 21.1. The molecule has 1 aromatic rings. The van der Waals surface area contributed by atoms with Gasteiger partial charge in [-0.05, 0) is 18.9 Å². The second-order valence-corrected chi connectivity index (χ2v) is 6.70. The van der Waals surface area contributed by atoms with E-state index in [0.29, 0.717) is 30.3 Å². The Morgan fingerprint density at radius 3 is 2.28 bits per heavy atom. The number of methoxy groups -OCH3 is 4. The lowest BCUT2D eigenvalue weighted by Gasteiger charge is -2.22. The van der Waals surface area contributed by atoms with Gasteiger partial charge in [0.05, 0.1) is 40.9 Å². The molecule has 164 valence electrons. The number of benzene rings is 1. The van der Waals surface area contributed by atoms with E-state index >= 15 is 0 Å². The van der Waals surface area contributed by atoms with Crippen molar-refractivity contribution < 1.29 is 23.7 Å². The number of rotatable bonds is 7. The van der Waals surface area contributed by atoms with Gasteiger partial charge in [-0.3, -0.25) is 4.79 Å². The minimum absolute atomic E-state index is 0. The van der Waals surface area contributed by atoms with Gasteiger partial charge in [0.2, 0.25) is 0 Å². The molecule has 29 heavy (non-hydrogen) atoms. The van der Waals surface area contributed by atoms with Gasteiger partial charge in [0, 0.05) is 31.3 Å². The van der Waals surface area contributed by atoms with Gasteiger partial charge in [-0.2, -0.15) is 0 Å². The van der Waals surface area contributed by atoms with Gasteiger partial charge >= 0.3 is 5.97 Å². The fraction of sp³-hybridized carbons (Fsp3) is 0.600. The van der Waals surface area contributed by atoms with Crippen molar-refractivity contribution >= 4 is 35.9 Å². The van der Waals surface area contributed by atoms with Gasteiger partial charge in [0.25, 0.3) is 0 Å². The Morgan fingerprint density at radius 1 is 1.10 bits per heavy atom. The summed E-state index contributed by atoms with van der Waals surface area (Å²) >= 11 is 0. The first kappa shape index (κ1) is 25.1. The largest absolute Gasteiger partial charge is 0.496 e. The second-order valence-electron chi connectivity index (χ2n) is 6.70. The highest BCUT2D eigenvalue weighted by atomic mass is 127. The van der Waals surface area contributed by atoms with Gasteiger partial charge in [0.15, 0.2) is 17.5 Å². The van der Waals surface area contributed by atoms with Crippen LogP contribution in [0.5, 0.6) is 17.2 Å². The molecule has 9 heteroatoms. The first-order valence-corrected chi connectivity index (χ1v) is 9.38. The van der Waals surface area contributed by atoms with Crippen LogP contribution >= 0.6 is 24.0 Å². The number of carbonyl (C=O) groups excluding carboxylic acids is 1. The normalized spacial score (nSPS) is 18.7. The van der Waals surface area contributed by atoms with E-state index in [1.807, 2.05) is 13.0 Å². The van der Waals surface area contributed by atoms with E-state index in [9.17, 15) is 4.79 Å². The zero-order valence-electron chi connectivity index (χ0n) is 18.0. The smallest absolute Gasteiger partial charge is 0.310 e. The van der Waals surface area contributed by atoms with E-state index in [0.717, 1.165) is 24.6 Å². The van der Waals surface area contributed by atoms with Crippen LogP contribution in [-0.2, 0) is 16.1 Å². The Bertz CT molecular complexity index is 714. The molecule has 0 amide bonds. The maximum Gasteiger partial charge on any atom is 0.310 e. The average Bonchev–Trinajstić information content (AvgIpc) is 3.11. The minimum Gasteiger partial charge on any atom is -0.496 e. The standard InChI is InChI=1S/C20H31N3O5.HI/c1-7-21-20(23-11-13(2)15(12-23)19(24)28-6)22-10-14-8-17(26-4)18(27-5)9-16(14)25-3;/h8-9,13,15H,7,10-12H2,1-6H3,(H,21,22);1H. The number of likely N-dealkylation sites (tertiary alicyclic amines) is 1. The van der Waals surface area contributed by atoms with Crippen LogP contribution in [0.3, 0.4) is 0 Å². The lowest BCUT2D eigenvalue weighted by atomic mass is 9.99. The summed E-state index contributed by atoms with van der Waals surface area (Å²) in [5.41, 5.74) is 0.882. The van der Waals surface area contributed by atoms with Crippen LogP contribution in [0.25, 0.3) is 0 Å². The number of halogens is 1. The summed E-state index contributed by atoms with van der Waals surface area (Å²) in [6, 6.07) is 3.66. The average molecular weight is 521 g/mol. The highest BCUT2D eigenvalue weighted by Crippen LogP contribution is 2.35. The van der Waals surface area contributed by atoms with Crippen LogP contribution in [0.15, 0.2) is 17.1 Å². The van der Waals surface area contributed by atoms with Crippen molar-refractivity contribution in [1.29, 1.82) is 0 Å². The summed E-state index contributed by atoms with van der Waals surface area (Å²) in [6.07, 6.45) is 0. The Hall–Kier alpha value is -1.91. The molecule has 1 fully saturated rings. The van der Waals surface area contributed by atoms with Gasteiger partial charge < -0.3 is 29.2 Å². The van der Waals surface area contributed by atoms with Crippen molar-refractivity contribution in [2.45, 2.75) is 20.4 Å². The monoisotopic (exact) mass is 521 g/mol. The third-order valence-corrected chi connectivity index (χ3v) is 4.94. The quantitative estimate of drug-likeness (QED) is 0.256. The maximum atomic E-state index is 12.0. The third kappa shape index (κ3) is 6.03. The van der Waals surface area contributed by atoms with E-state index in [1.165, 1.54) is 7.11 Å². The van der Waals surface area contributed by atoms with Crippen molar-refractivity contribution in [2.24, 2.45) is 16.8 Å². The number of esters is 1. The van der Waals surface area contributed by atoms with Crippen LogP contribution in [0.1, 0.15) is 19.4 Å². The van der Waals surface area contributed by atoms with E-state index in [1.54, 1.807) is 27.4 Å². The zero-order valence-corrected chi connectivity index (χ0v) is 20.3. The van der Waals surface area contributed by atoms with Gasteiger partial charge in [-0.1, -0.05) is 6.92 Å². The molecule has 0 saturated carbocycles. The summed E-state index contributed by atoms with van der Waals surface area (Å²) in [4.78, 5) is 18.9. The Balaban J connectivity index is 0.00000420. The van der Waals surface area contributed by atoms with E-state index in [4.69, 9.17) is 23.9 Å². The van der Waals surface area contributed by atoms with Crippen molar-refractivity contribution in [3.63, 3.8) is 0 Å². The van der Waals surface area contributed by atoms with E-state index in [2.05, 4.69) is 17.1 Å². The molecule has 1 aromatic carbocycles. The molecule has 0 radical (unpaired) electrons. The van der Waals surface area contributed by atoms with Gasteiger partial charge in [-0.25, -0.2) is 4.99 Å². The number of guanidine groups is 1. The molecule has 0 spiro atoms. The lowest BCUT2D eigenvalue weighted by Crippen LogP contribution is -2.40. The molecule has 1 aliphatic heterocycles. The number of carbonyl (C=O) groups is 1. The summed E-state index contributed by atoms with van der Waals surface area (Å²) in [6.45, 7) is 6.54. The third-order valence-electron chi connectivity index (χ3n) is 4.94. The Morgan fingerprint density at radius 2 is 1.72 bits per heavy atom. The first-order chi connectivity index (χ1) is 13.5. The Labute approximate surface area is 189 Å². The van der Waals surface area contributed by atoms with Crippen LogP contribution in [0, 0.1) is 11.8 Å². The highest BCUT2D eigenvalue weighted by molar-refractivity contribution is 14.0. The zero-order chi connectivity index (χ0) is 20.7. The Kier molecular flexibility index (Phi) is 10.3. The predicted octanol–water partition coefficient (Wildman–Crippen LogP) is 2.54. The predicted molar refractivity (Wildman–Crippen MR) is 123 cm³/mol. The van der Waals surface area contributed by atoms with Gasteiger partial charge in [-0.15, -0.1) is 24.0 Å². The molecule has 1 heterocycles. The SMILES string of the molecule is CCNC(=NCc1cc(OC)c(OC)cc1OC)N1CC(C)C(C(=O)OC)C1.I. The summed E-state index contributed by atoms with van der Waals surface area (Å²) in [7, 11) is 6.23. The van der Waals surface area contributed by atoms with Crippen LogP contribution < -0.4 is 19.5 Å². The van der Waals surface area contributed by atoms with Crippen molar-refractivity contribution in [3.05, 3.63) is 17.7 Å². The molecule has 2 atom stereocenters. The molecule has 0 bridgehead atoms. The second kappa shape index (κ2) is 11.9. The van der Waals surface area contributed by atoms with E-state index < -0.39 is 0 Å². The number of hydrogen-bond donors (Lipinski definition) is 1. The number of ether oxygens (including phenoxy) is 4. The molecular weight excluding hydrogens is 489 g/mol. The summed E-state index contributed by atoms with van der Waals surface area (Å²) in [5.74, 6) is 2.55. The van der Waals surface area contributed by atoms with Gasteiger partial charge in [0.1, 0.15) is 5.75 Å². The van der Waals surface area contributed by atoms with Crippen LogP contribution in [0.4, 0.5) is 0 Å². The fourth-order valence-electron chi connectivity index (χ4n) is 3.40. The lowest BCUT2D eigenvalue weighted by molar-refractivity contribution is -0.145. The highest BCUT2D eigenvalue weighted by Gasteiger charge is 2.36. The fourth-order valence-corrected chi connectivity index (χ4v) is 3.40. The number of aliphatic imine (C=N–C) groups is 1. The van der Waals surface area contributed by atoms with E-state index in [-0.39, 0.29) is 41.8 Å². The van der Waals surface area contributed by atoms with Crippen LogP contribution in [0.2, 0.25) is 0 Å². The van der Waals surface area contributed by atoms with Crippen molar-refractivity contribution in [2.75, 3.05) is 48.1 Å². The van der Waals surface area contributed by atoms with Crippen molar-refractivity contribution in [3.8, 4) is 17.2 Å². The topological polar surface area (TPSA) is 81.6 Å². The molecule has 0 aliphatic carbocycles. The number of hydrogen-bond acceptors (Lipinski definition) is 6. The first-order valence-electron chi connectivity index (χ1n) is 9.38. The number of nitrogens with zero attached hydrogens (tertiary/aromatic N) is 2.